The fourth-order valence-electron chi connectivity index (χ4n) is 1.35. The minimum absolute atomic E-state index is 0.602. The first-order chi connectivity index (χ1) is 6.17. The average molecular weight is 182 g/mol. The molecule has 0 aliphatic heterocycles. The van der Waals surface area contributed by atoms with Crippen molar-refractivity contribution in [3.63, 3.8) is 0 Å². The summed E-state index contributed by atoms with van der Waals surface area (Å²) >= 11 is 0. The first-order valence-electron chi connectivity index (χ1n) is 4.68. The van der Waals surface area contributed by atoms with E-state index in [1.807, 2.05) is 17.8 Å². The molecule has 4 heteroatoms. The summed E-state index contributed by atoms with van der Waals surface area (Å²) in [4.78, 5) is 2.33. The Morgan fingerprint density at radius 1 is 1.46 bits per heavy atom. The molecule has 0 radical (unpaired) electrons. The zero-order valence-corrected chi connectivity index (χ0v) is 8.62. The molecule has 2 N–H and O–H groups in total. The van der Waals surface area contributed by atoms with Gasteiger partial charge in [-0.2, -0.15) is 5.10 Å². The molecule has 0 saturated heterocycles. The van der Waals surface area contributed by atoms with Gasteiger partial charge < -0.3 is 5.73 Å². The van der Waals surface area contributed by atoms with Crippen LogP contribution >= 0.6 is 0 Å². The van der Waals surface area contributed by atoms with E-state index in [0.717, 1.165) is 19.6 Å². The average Bonchev–Trinajstić information content (AvgIpc) is 2.41. The van der Waals surface area contributed by atoms with E-state index in [4.69, 9.17) is 5.73 Å². The van der Waals surface area contributed by atoms with Crippen LogP contribution < -0.4 is 5.73 Å². The van der Waals surface area contributed by atoms with E-state index >= 15 is 0 Å². The third-order valence-electron chi connectivity index (χ3n) is 2.28. The van der Waals surface area contributed by atoms with Crippen LogP contribution in [-0.2, 0) is 13.6 Å². The highest BCUT2D eigenvalue weighted by atomic mass is 15.3. The molecule has 0 spiro atoms. The predicted octanol–water partition coefficient (Wildman–Crippen LogP) is 0.844. The standard InChI is InChI=1S/C9H18N4/c1-4-13(5-2)7-8-6-9(10)11-12(8)3/h6H,4-5,7H2,1-3H3,(H2,10,11). The Kier molecular flexibility index (Phi) is 3.31. The minimum Gasteiger partial charge on any atom is -0.382 e. The quantitative estimate of drug-likeness (QED) is 0.750. The maximum absolute atomic E-state index is 5.59. The molecule has 0 bridgehead atoms. The number of nitrogens with zero attached hydrogens (tertiary/aromatic N) is 3. The second kappa shape index (κ2) is 4.28. The van der Waals surface area contributed by atoms with Gasteiger partial charge in [-0.05, 0) is 13.1 Å². The summed E-state index contributed by atoms with van der Waals surface area (Å²) in [5, 5.41) is 4.10. The van der Waals surface area contributed by atoms with Crippen molar-refractivity contribution in [1.82, 2.24) is 14.7 Å². The third-order valence-corrected chi connectivity index (χ3v) is 2.28. The molecular weight excluding hydrogens is 164 g/mol. The van der Waals surface area contributed by atoms with E-state index in [2.05, 4.69) is 23.8 Å². The van der Waals surface area contributed by atoms with Gasteiger partial charge in [-0.25, -0.2) is 0 Å². The van der Waals surface area contributed by atoms with E-state index in [9.17, 15) is 0 Å². The van der Waals surface area contributed by atoms with Crippen LogP contribution in [0.3, 0.4) is 0 Å². The zero-order chi connectivity index (χ0) is 9.84. The van der Waals surface area contributed by atoms with Crippen molar-refractivity contribution < 1.29 is 0 Å². The second-order valence-corrected chi connectivity index (χ2v) is 3.15. The van der Waals surface area contributed by atoms with Crippen LogP contribution in [0.1, 0.15) is 19.5 Å². The van der Waals surface area contributed by atoms with Crippen LogP contribution in [0.15, 0.2) is 6.07 Å². The third kappa shape index (κ3) is 2.45. The maximum atomic E-state index is 5.59. The molecule has 0 fully saturated rings. The molecule has 0 aliphatic rings. The van der Waals surface area contributed by atoms with Gasteiger partial charge in [0.1, 0.15) is 5.82 Å². The number of anilines is 1. The molecule has 4 nitrogen and oxygen atoms in total. The molecule has 0 atom stereocenters. The molecule has 13 heavy (non-hydrogen) atoms. The van der Waals surface area contributed by atoms with Crippen LogP contribution in [0.4, 0.5) is 5.82 Å². The summed E-state index contributed by atoms with van der Waals surface area (Å²) < 4.78 is 1.84. The number of rotatable bonds is 4. The van der Waals surface area contributed by atoms with Crippen molar-refractivity contribution in [3.8, 4) is 0 Å². The Bertz CT molecular complexity index is 263. The molecular formula is C9H18N4. The highest BCUT2D eigenvalue weighted by Gasteiger charge is 2.05. The topological polar surface area (TPSA) is 47.1 Å². The van der Waals surface area contributed by atoms with Crippen LogP contribution in [0.2, 0.25) is 0 Å². The van der Waals surface area contributed by atoms with Crippen molar-refractivity contribution in [2.75, 3.05) is 18.8 Å². The van der Waals surface area contributed by atoms with Crippen molar-refractivity contribution in [2.24, 2.45) is 7.05 Å². The molecule has 0 amide bonds. The van der Waals surface area contributed by atoms with Gasteiger partial charge in [-0.1, -0.05) is 13.8 Å². The van der Waals surface area contributed by atoms with E-state index in [1.54, 1.807) is 0 Å². The van der Waals surface area contributed by atoms with Crippen molar-refractivity contribution in [2.45, 2.75) is 20.4 Å². The molecule has 0 aromatic carbocycles. The Balaban J connectivity index is 2.67. The molecule has 0 unspecified atom stereocenters. The van der Waals surface area contributed by atoms with Gasteiger partial charge in [0, 0.05) is 19.7 Å². The second-order valence-electron chi connectivity index (χ2n) is 3.15. The summed E-state index contributed by atoms with van der Waals surface area (Å²) in [6.45, 7) is 7.35. The van der Waals surface area contributed by atoms with E-state index in [-0.39, 0.29) is 0 Å². The lowest BCUT2D eigenvalue weighted by atomic mass is 10.3. The first kappa shape index (κ1) is 10.1. The van der Waals surface area contributed by atoms with Gasteiger partial charge in [0.05, 0.1) is 5.69 Å². The van der Waals surface area contributed by atoms with Crippen LogP contribution in [0.25, 0.3) is 0 Å². The predicted molar refractivity (Wildman–Crippen MR) is 54.2 cm³/mol. The Morgan fingerprint density at radius 2 is 2.08 bits per heavy atom. The van der Waals surface area contributed by atoms with Crippen molar-refractivity contribution in [3.05, 3.63) is 11.8 Å². The largest absolute Gasteiger partial charge is 0.382 e. The fraction of sp³-hybridized carbons (Fsp3) is 0.667. The van der Waals surface area contributed by atoms with Gasteiger partial charge in [-0.3, -0.25) is 9.58 Å². The lowest BCUT2D eigenvalue weighted by molar-refractivity contribution is 0.287. The number of aromatic nitrogens is 2. The van der Waals surface area contributed by atoms with Crippen molar-refractivity contribution >= 4 is 5.82 Å². The lowest BCUT2D eigenvalue weighted by Gasteiger charge is -2.17. The van der Waals surface area contributed by atoms with Gasteiger partial charge in [0.15, 0.2) is 0 Å². The molecule has 1 heterocycles. The molecule has 1 rings (SSSR count). The number of hydrogen-bond donors (Lipinski definition) is 1. The van der Waals surface area contributed by atoms with Gasteiger partial charge >= 0.3 is 0 Å². The molecule has 0 saturated carbocycles. The summed E-state index contributed by atoms with van der Waals surface area (Å²) in [5.74, 6) is 0.602. The Labute approximate surface area is 79.3 Å². The first-order valence-corrected chi connectivity index (χ1v) is 4.68. The summed E-state index contributed by atoms with van der Waals surface area (Å²) in [6, 6.07) is 1.93. The van der Waals surface area contributed by atoms with E-state index in [0.29, 0.717) is 5.82 Å². The van der Waals surface area contributed by atoms with Gasteiger partial charge in [0.2, 0.25) is 0 Å². The van der Waals surface area contributed by atoms with Crippen LogP contribution in [-0.4, -0.2) is 27.8 Å². The zero-order valence-electron chi connectivity index (χ0n) is 8.62. The highest BCUT2D eigenvalue weighted by molar-refractivity contribution is 5.29. The van der Waals surface area contributed by atoms with Gasteiger partial charge in [-0.15, -0.1) is 0 Å². The number of nitrogen functional groups attached to an aromatic ring is 1. The van der Waals surface area contributed by atoms with Crippen molar-refractivity contribution in [1.29, 1.82) is 0 Å². The van der Waals surface area contributed by atoms with E-state index < -0.39 is 0 Å². The van der Waals surface area contributed by atoms with Crippen LogP contribution in [0.5, 0.6) is 0 Å². The number of hydrogen-bond acceptors (Lipinski definition) is 3. The van der Waals surface area contributed by atoms with Crippen LogP contribution in [0, 0.1) is 0 Å². The summed E-state index contributed by atoms with van der Waals surface area (Å²) in [6.07, 6.45) is 0. The Morgan fingerprint density at radius 3 is 2.46 bits per heavy atom. The normalized spacial score (nSPS) is 11.1. The SMILES string of the molecule is CCN(CC)Cc1cc(N)nn1C. The minimum atomic E-state index is 0.602. The lowest BCUT2D eigenvalue weighted by Crippen LogP contribution is -2.23. The highest BCUT2D eigenvalue weighted by Crippen LogP contribution is 2.07. The smallest absolute Gasteiger partial charge is 0.145 e. The molecule has 1 aromatic rings. The molecule has 74 valence electrons. The fourth-order valence-corrected chi connectivity index (χ4v) is 1.35. The van der Waals surface area contributed by atoms with Gasteiger partial charge in [0.25, 0.3) is 0 Å². The van der Waals surface area contributed by atoms with E-state index in [1.165, 1.54) is 5.69 Å². The molecule has 1 aromatic heterocycles. The number of aryl methyl sites for hydroxylation is 1. The summed E-state index contributed by atoms with van der Waals surface area (Å²) in [7, 11) is 1.93. The summed E-state index contributed by atoms with van der Waals surface area (Å²) in [5.41, 5.74) is 6.76. The molecule has 0 aliphatic carbocycles. The maximum Gasteiger partial charge on any atom is 0.145 e. The monoisotopic (exact) mass is 182 g/mol. The Hall–Kier alpha value is -1.03. The number of nitrogens with two attached hydrogens (primary N) is 1.